The summed E-state index contributed by atoms with van der Waals surface area (Å²) in [7, 11) is 0. The molecule has 1 aliphatic carbocycles. The third kappa shape index (κ3) is 5.43. The summed E-state index contributed by atoms with van der Waals surface area (Å²) in [4.78, 5) is 29.8. The van der Waals surface area contributed by atoms with Gasteiger partial charge in [-0.3, -0.25) is 14.6 Å². The second-order valence-electron chi connectivity index (χ2n) is 8.38. The Balaban J connectivity index is 1.49. The molecule has 0 aliphatic heterocycles. The predicted molar refractivity (Wildman–Crippen MR) is 124 cm³/mol. The molecular formula is C26H26FN3O3. The molecule has 170 valence electrons. The fourth-order valence-electron chi connectivity index (χ4n) is 3.99. The molecule has 0 radical (unpaired) electrons. The van der Waals surface area contributed by atoms with E-state index in [1.165, 1.54) is 18.3 Å². The normalized spacial score (nSPS) is 17.9. The Morgan fingerprint density at radius 1 is 0.939 bits per heavy atom. The van der Waals surface area contributed by atoms with Gasteiger partial charge in [-0.25, -0.2) is 4.39 Å². The zero-order valence-electron chi connectivity index (χ0n) is 18.3. The van der Waals surface area contributed by atoms with Crippen molar-refractivity contribution < 1.29 is 19.1 Å². The van der Waals surface area contributed by atoms with Crippen molar-refractivity contribution in [2.45, 2.75) is 44.8 Å². The van der Waals surface area contributed by atoms with Crippen LogP contribution in [0.5, 0.6) is 0 Å². The van der Waals surface area contributed by atoms with Crippen LogP contribution >= 0.6 is 0 Å². The van der Waals surface area contributed by atoms with E-state index in [1.807, 2.05) is 6.92 Å². The van der Waals surface area contributed by atoms with Crippen LogP contribution < -0.4 is 10.6 Å². The van der Waals surface area contributed by atoms with Crippen LogP contribution in [-0.4, -0.2) is 34.1 Å². The first-order valence-electron chi connectivity index (χ1n) is 11.0. The Morgan fingerprint density at radius 2 is 1.70 bits per heavy atom. The summed E-state index contributed by atoms with van der Waals surface area (Å²) in [5.41, 5.74) is 3.52. The fraction of sp³-hybridized carbons (Fsp3) is 0.269. The number of aromatic nitrogens is 1. The van der Waals surface area contributed by atoms with Crippen molar-refractivity contribution in [3.05, 3.63) is 83.4 Å². The first-order valence-corrected chi connectivity index (χ1v) is 11.0. The maximum atomic E-state index is 13.2. The van der Waals surface area contributed by atoms with Gasteiger partial charge in [0.2, 0.25) is 0 Å². The number of aliphatic hydroxyl groups is 1. The van der Waals surface area contributed by atoms with E-state index in [1.54, 1.807) is 42.6 Å². The zero-order valence-corrected chi connectivity index (χ0v) is 18.3. The van der Waals surface area contributed by atoms with Crippen molar-refractivity contribution in [3.8, 4) is 11.1 Å². The molecular weight excluding hydrogens is 421 g/mol. The number of carbonyl (C=O) groups is 2. The number of benzene rings is 2. The summed E-state index contributed by atoms with van der Waals surface area (Å²) < 4.78 is 13.2. The number of aliphatic hydroxyl groups excluding tert-OH is 1. The highest BCUT2D eigenvalue weighted by atomic mass is 19.1. The molecule has 1 aliphatic rings. The lowest BCUT2D eigenvalue weighted by Gasteiger charge is -2.28. The summed E-state index contributed by atoms with van der Waals surface area (Å²) in [6.45, 7) is 1.84. The average Bonchev–Trinajstić information content (AvgIpc) is 2.82. The van der Waals surface area contributed by atoms with Crippen LogP contribution in [0, 0.1) is 12.7 Å². The summed E-state index contributed by atoms with van der Waals surface area (Å²) in [5.74, 6) is -0.982. The van der Waals surface area contributed by atoms with Crippen molar-refractivity contribution in [1.29, 1.82) is 0 Å². The van der Waals surface area contributed by atoms with Gasteiger partial charge in [0.25, 0.3) is 11.8 Å². The van der Waals surface area contributed by atoms with E-state index in [0.29, 0.717) is 28.8 Å². The second kappa shape index (κ2) is 9.92. The SMILES string of the molecule is Cc1ccc(C(=O)N[C@H]2CCCC[C@@H]2O)cc1NC(=O)c1cncc(-c2ccc(F)cc2)c1. The number of anilines is 1. The second-order valence-corrected chi connectivity index (χ2v) is 8.38. The maximum Gasteiger partial charge on any atom is 0.257 e. The lowest BCUT2D eigenvalue weighted by molar-refractivity contribution is 0.0717. The Kier molecular flexibility index (Phi) is 6.79. The third-order valence-corrected chi connectivity index (χ3v) is 5.97. The lowest BCUT2D eigenvalue weighted by atomic mass is 9.92. The van der Waals surface area contributed by atoms with Crippen LogP contribution in [0.1, 0.15) is 52.0 Å². The molecule has 33 heavy (non-hydrogen) atoms. The molecule has 2 amide bonds. The third-order valence-electron chi connectivity index (χ3n) is 5.97. The van der Waals surface area contributed by atoms with Gasteiger partial charge in [0.05, 0.1) is 17.7 Å². The van der Waals surface area contributed by atoms with E-state index in [-0.39, 0.29) is 23.7 Å². The van der Waals surface area contributed by atoms with Gasteiger partial charge >= 0.3 is 0 Å². The number of rotatable bonds is 5. The van der Waals surface area contributed by atoms with Gasteiger partial charge in [0.15, 0.2) is 0 Å². The first kappa shape index (κ1) is 22.6. The summed E-state index contributed by atoms with van der Waals surface area (Å²) >= 11 is 0. The van der Waals surface area contributed by atoms with Gasteiger partial charge in [-0.05, 0) is 61.2 Å². The number of amides is 2. The number of nitrogens with zero attached hydrogens (tertiary/aromatic N) is 1. The Hall–Kier alpha value is -3.58. The predicted octanol–water partition coefficient (Wildman–Crippen LogP) is 4.48. The van der Waals surface area contributed by atoms with Crippen LogP contribution in [0.15, 0.2) is 60.9 Å². The highest BCUT2D eigenvalue weighted by molar-refractivity contribution is 6.06. The van der Waals surface area contributed by atoms with Crippen LogP contribution in [0.2, 0.25) is 0 Å². The molecule has 0 unspecified atom stereocenters. The standard InChI is InChI=1S/C26H26FN3O3/c1-16-6-7-18(25(32)29-22-4-2-3-5-24(22)31)13-23(16)30-26(33)20-12-19(14-28-15-20)17-8-10-21(27)11-9-17/h6-15,22,24,31H,2-5H2,1H3,(H,29,32)(H,30,33)/t22-,24-/m0/s1. The van der Waals surface area contributed by atoms with Gasteiger partial charge < -0.3 is 15.7 Å². The zero-order chi connectivity index (χ0) is 23.4. The molecule has 3 aromatic rings. The molecule has 1 heterocycles. The number of aryl methyl sites for hydroxylation is 1. The van der Waals surface area contributed by atoms with Crippen LogP contribution in [0.4, 0.5) is 10.1 Å². The molecule has 2 atom stereocenters. The van der Waals surface area contributed by atoms with Crippen molar-refractivity contribution >= 4 is 17.5 Å². The monoisotopic (exact) mass is 447 g/mol. The minimum atomic E-state index is -0.534. The summed E-state index contributed by atoms with van der Waals surface area (Å²) in [6, 6.07) is 12.5. The quantitative estimate of drug-likeness (QED) is 0.538. The molecule has 2 aromatic carbocycles. The van der Waals surface area contributed by atoms with Crippen LogP contribution in [0.25, 0.3) is 11.1 Å². The number of pyridine rings is 1. The molecule has 1 aromatic heterocycles. The molecule has 7 heteroatoms. The van der Waals surface area contributed by atoms with Gasteiger partial charge in [-0.1, -0.05) is 31.0 Å². The highest BCUT2D eigenvalue weighted by Gasteiger charge is 2.25. The van der Waals surface area contributed by atoms with E-state index in [9.17, 15) is 19.1 Å². The van der Waals surface area contributed by atoms with Crippen molar-refractivity contribution in [3.63, 3.8) is 0 Å². The van der Waals surface area contributed by atoms with Crippen LogP contribution in [0.3, 0.4) is 0 Å². The van der Waals surface area contributed by atoms with E-state index >= 15 is 0 Å². The molecule has 1 fully saturated rings. The first-order chi connectivity index (χ1) is 15.9. The molecule has 3 N–H and O–H groups in total. The van der Waals surface area contributed by atoms with Gasteiger partial charge in [0.1, 0.15) is 5.82 Å². The van der Waals surface area contributed by atoms with Crippen molar-refractivity contribution in [2.24, 2.45) is 0 Å². The molecule has 0 saturated heterocycles. The van der Waals surface area contributed by atoms with Gasteiger partial charge in [-0.15, -0.1) is 0 Å². The molecule has 1 saturated carbocycles. The van der Waals surface area contributed by atoms with E-state index < -0.39 is 6.10 Å². The molecule has 4 rings (SSSR count). The summed E-state index contributed by atoms with van der Waals surface area (Å²) in [6.07, 6.45) is 5.91. The van der Waals surface area contributed by atoms with Crippen molar-refractivity contribution in [1.82, 2.24) is 10.3 Å². The molecule has 0 spiro atoms. The molecule has 6 nitrogen and oxygen atoms in total. The number of nitrogens with one attached hydrogen (secondary N) is 2. The summed E-state index contributed by atoms with van der Waals surface area (Å²) in [5, 5.41) is 15.9. The number of carbonyl (C=O) groups excluding carboxylic acids is 2. The number of hydrogen-bond donors (Lipinski definition) is 3. The molecule has 0 bridgehead atoms. The van der Waals surface area contributed by atoms with E-state index in [2.05, 4.69) is 15.6 Å². The largest absolute Gasteiger partial charge is 0.391 e. The van der Waals surface area contributed by atoms with E-state index in [4.69, 9.17) is 0 Å². The Bertz CT molecular complexity index is 1160. The van der Waals surface area contributed by atoms with Crippen molar-refractivity contribution in [2.75, 3.05) is 5.32 Å². The Labute approximate surface area is 191 Å². The van der Waals surface area contributed by atoms with Crippen LogP contribution in [-0.2, 0) is 0 Å². The Morgan fingerprint density at radius 3 is 2.45 bits per heavy atom. The minimum Gasteiger partial charge on any atom is -0.391 e. The fourth-order valence-corrected chi connectivity index (χ4v) is 3.99. The lowest BCUT2D eigenvalue weighted by Crippen LogP contribution is -2.45. The van der Waals surface area contributed by atoms with Gasteiger partial charge in [-0.2, -0.15) is 0 Å². The smallest absolute Gasteiger partial charge is 0.257 e. The van der Waals surface area contributed by atoms with Gasteiger partial charge in [0, 0.05) is 29.2 Å². The topological polar surface area (TPSA) is 91.3 Å². The van der Waals surface area contributed by atoms with E-state index in [0.717, 1.165) is 30.4 Å². The highest BCUT2D eigenvalue weighted by Crippen LogP contribution is 2.23. The number of hydrogen-bond acceptors (Lipinski definition) is 4. The average molecular weight is 448 g/mol. The maximum absolute atomic E-state index is 13.2. The minimum absolute atomic E-state index is 0.258. The number of halogens is 1.